The van der Waals surface area contributed by atoms with Crippen molar-refractivity contribution < 1.29 is 21.9 Å². The second kappa shape index (κ2) is 10.6. The van der Waals surface area contributed by atoms with E-state index < -0.39 is 12.2 Å². The van der Waals surface area contributed by atoms with Gasteiger partial charge < -0.3 is 4.90 Å². The van der Waals surface area contributed by atoms with E-state index in [0.29, 0.717) is 29.2 Å². The number of hydrogen-bond donors (Lipinski definition) is 0. The van der Waals surface area contributed by atoms with Gasteiger partial charge in [0.1, 0.15) is 11.5 Å². The molecule has 5 nitrogen and oxygen atoms in total. The van der Waals surface area contributed by atoms with Crippen molar-refractivity contribution in [2.75, 3.05) is 29.5 Å². The van der Waals surface area contributed by atoms with Crippen LogP contribution in [-0.2, 0) is 6.54 Å². The van der Waals surface area contributed by atoms with Crippen LogP contribution in [0.3, 0.4) is 0 Å². The Morgan fingerprint density at radius 1 is 1.12 bits per heavy atom. The molecule has 2 aromatic carbocycles. The van der Waals surface area contributed by atoms with Crippen LogP contribution in [0.15, 0.2) is 57.6 Å². The number of alkyl halides is 2. The van der Waals surface area contributed by atoms with E-state index >= 15 is 4.39 Å². The molecule has 2 heterocycles. The summed E-state index contributed by atoms with van der Waals surface area (Å²) in [5.41, 5.74) is 1.08. The van der Waals surface area contributed by atoms with Crippen molar-refractivity contribution in [3.8, 4) is 0 Å². The third-order valence-electron chi connectivity index (χ3n) is 5.36. The largest absolute Gasteiger partial charge is 0.324 e. The van der Waals surface area contributed by atoms with Gasteiger partial charge in [-0.25, -0.2) is 18.0 Å². The van der Waals surface area contributed by atoms with Gasteiger partial charge in [0.25, 0.3) is 6.43 Å². The number of thioether (sulfide) groups is 1. The van der Waals surface area contributed by atoms with Gasteiger partial charge >= 0.3 is 6.03 Å². The zero-order valence-corrected chi connectivity index (χ0v) is 19.0. The molecule has 0 bridgehead atoms. The molecule has 0 aromatic heterocycles. The van der Waals surface area contributed by atoms with Crippen molar-refractivity contribution in [1.82, 2.24) is 4.90 Å². The summed E-state index contributed by atoms with van der Waals surface area (Å²) in [5.74, 6) is 1.07. The predicted octanol–water partition coefficient (Wildman–Crippen LogP) is 5.79. The lowest BCUT2D eigenvalue weighted by Crippen LogP contribution is -2.46. The number of hydrogen-bond acceptors (Lipinski definition) is 5. The molecule has 1 fully saturated rings. The van der Waals surface area contributed by atoms with E-state index in [0.717, 1.165) is 11.5 Å². The van der Waals surface area contributed by atoms with Crippen molar-refractivity contribution in [3.05, 3.63) is 59.4 Å². The highest BCUT2D eigenvalue weighted by Gasteiger charge is 2.26. The number of halogens is 4. The highest BCUT2D eigenvalue weighted by atomic mass is 32.2. The van der Waals surface area contributed by atoms with Gasteiger partial charge in [0.05, 0.1) is 24.4 Å². The van der Waals surface area contributed by atoms with Crippen LogP contribution in [0.1, 0.15) is 17.5 Å². The van der Waals surface area contributed by atoms with Gasteiger partial charge in [-0.05, 0) is 30.3 Å². The van der Waals surface area contributed by atoms with E-state index in [2.05, 4.69) is 10.2 Å². The number of benzene rings is 2. The van der Waals surface area contributed by atoms with Crippen LogP contribution in [-0.4, -0.2) is 53.4 Å². The van der Waals surface area contributed by atoms with E-state index in [9.17, 15) is 17.5 Å². The molecular weight excluding hydrogens is 476 g/mol. The lowest BCUT2D eigenvalue weighted by molar-refractivity contribution is 0.209. The molecule has 0 spiro atoms. The number of carbonyl (C=O) groups is 1. The first-order valence-electron chi connectivity index (χ1n) is 10.2. The standard InChI is InChI=1S/C22H20F4N4OS2/c23-18-11-14(19-12-20(21(24)25)28-27-19)1-2-15(18)13-30(16-3-5-17(33-26)6-4-16)22(31)29-7-9-32-10-8-29/h1-6,11,21H,7-10,12-13H2. The van der Waals surface area contributed by atoms with E-state index in [1.54, 1.807) is 47.0 Å². The first-order chi connectivity index (χ1) is 16.0. The summed E-state index contributed by atoms with van der Waals surface area (Å²) in [4.78, 5) is 16.9. The lowest BCUT2D eigenvalue weighted by atomic mass is 10.0. The molecule has 0 N–H and O–H groups in total. The minimum absolute atomic E-state index is 0.0397. The molecule has 33 heavy (non-hydrogen) atoms. The van der Waals surface area contributed by atoms with E-state index in [1.165, 1.54) is 17.0 Å². The molecule has 0 unspecified atom stereocenters. The molecule has 2 aliphatic heterocycles. The first-order valence-corrected chi connectivity index (χ1v) is 12.1. The molecule has 0 saturated carbocycles. The average Bonchev–Trinajstić information content (AvgIpc) is 3.34. The maximum absolute atomic E-state index is 15.0. The summed E-state index contributed by atoms with van der Waals surface area (Å²) in [6.45, 7) is 1.14. The number of nitrogens with zero attached hydrogens (tertiary/aromatic N) is 4. The zero-order valence-electron chi connectivity index (χ0n) is 17.4. The van der Waals surface area contributed by atoms with E-state index in [4.69, 9.17) is 0 Å². The van der Waals surface area contributed by atoms with Crippen LogP contribution in [0.5, 0.6) is 0 Å². The van der Waals surface area contributed by atoms with E-state index in [-0.39, 0.29) is 48.1 Å². The van der Waals surface area contributed by atoms with Gasteiger partial charge in [0.2, 0.25) is 0 Å². The second-order valence-electron chi connectivity index (χ2n) is 7.46. The molecule has 174 valence electrons. The molecule has 11 heteroatoms. The normalized spacial score (nSPS) is 16.1. The van der Waals surface area contributed by atoms with Gasteiger partial charge in [0, 0.05) is 52.7 Å². The minimum atomic E-state index is -2.70. The number of anilines is 1. The van der Waals surface area contributed by atoms with Crippen LogP contribution in [0.2, 0.25) is 0 Å². The molecule has 0 radical (unpaired) electrons. The predicted molar refractivity (Wildman–Crippen MR) is 125 cm³/mol. The van der Waals surface area contributed by atoms with Crippen molar-refractivity contribution >= 4 is 47.1 Å². The molecule has 4 rings (SSSR count). The van der Waals surface area contributed by atoms with Crippen molar-refractivity contribution in [1.29, 1.82) is 0 Å². The highest BCUT2D eigenvalue weighted by molar-refractivity contribution is 7.99. The molecule has 1 saturated heterocycles. The smallest absolute Gasteiger partial charge is 0.323 e. The van der Waals surface area contributed by atoms with Gasteiger partial charge in [0.15, 0.2) is 0 Å². The highest BCUT2D eigenvalue weighted by Crippen LogP contribution is 2.27. The minimum Gasteiger partial charge on any atom is -0.323 e. The molecule has 0 atom stereocenters. The van der Waals surface area contributed by atoms with Crippen LogP contribution in [0, 0.1) is 5.82 Å². The fraction of sp³-hybridized carbons (Fsp3) is 0.318. The third kappa shape index (κ3) is 5.52. The SMILES string of the molecule is O=C(N1CCSCC1)N(Cc1ccc(C2=NN=C(C(F)F)C2)cc1F)c1ccc(SF)cc1. The summed E-state index contributed by atoms with van der Waals surface area (Å²) in [5, 5.41) is 7.21. The Labute approximate surface area is 197 Å². The number of carbonyl (C=O) groups excluding carboxylic acids is 1. The molecule has 0 aliphatic carbocycles. The van der Waals surface area contributed by atoms with Crippen molar-refractivity contribution in [3.63, 3.8) is 0 Å². The Kier molecular flexibility index (Phi) is 7.59. The second-order valence-corrected chi connectivity index (χ2v) is 9.31. The summed E-state index contributed by atoms with van der Waals surface area (Å²) >= 11 is 1.87. The Hall–Kier alpha value is -2.53. The Bertz CT molecular complexity index is 1070. The van der Waals surface area contributed by atoms with Crippen LogP contribution in [0.25, 0.3) is 0 Å². The zero-order chi connectivity index (χ0) is 23.4. The Balaban J connectivity index is 1.57. The summed E-state index contributed by atoms with van der Waals surface area (Å²) in [6.07, 6.45) is -2.84. The van der Waals surface area contributed by atoms with Crippen molar-refractivity contribution in [2.45, 2.75) is 24.3 Å². The number of urea groups is 1. The average molecular weight is 497 g/mol. The van der Waals surface area contributed by atoms with Gasteiger partial charge in [-0.3, -0.25) is 4.90 Å². The summed E-state index contributed by atoms with van der Waals surface area (Å²) in [7, 11) is 0. The third-order valence-corrected chi connectivity index (χ3v) is 6.76. The lowest BCUT2D eigenvalue weighted by Gasteiger charge is -2.33. The maximum atomic E-state index is 15.0. The van der Waals surface area contributed by atoms with Crippen molar-refractivity contribution in [2.24, 2.45) is 10.2 Å². The van der Waals surface area contributed by atoms with Crippen LogP contribution in [0.4, 0.5) is 27.5 Å². The van der Waals surface area contributed by atoms with Crippen LogP contribution < -0.4 is 4.90 Å². The number of amides is 2. The first kappa shape index (κ1) is 23.6. The van der Waals surface area contributed by atoms with E-state index in [1.807, 2.05) is 0 Å². The summed E-state index contributed by atoms with van der Waals surface area (Å²) < 4.78 is 53.5. The molecular formula is C22H20F4N4OS2. The molecule has 2 aliphatic rings. The monoisotopic (exact) mass is 496 g/mol. The topological polar surface area (TPSA) is 48.3 Å². The fourth-order valence-electron chi connectivity index (χ4n) is 3.55. The summed E-state index contributed by atoms with van der Waals surface area (Å²) in [6, 6.07) is 10.4. The fourth-order valence-corrected chi connectivity index (χ4v) is 4.69. The van der Waals surface area contributed by atoms with Gasteiger partial charge in [-0.1, -0.05) is 12.1 Å². The van der Waals surface area contributed by atoms with Gasteiger partial charge in [-0.15, -0.1) is 0 Å². The number of rotatable bonds is 6. The molecule has 2 aromatic rings. The Morgan fingerprint density at radius 2 is 1.85 bits per heavy atom. The van der Waals surface area contributed by atoms with Crippen LogP contribution >= 0.6 is 23.9 Å². The molecule has 2 amide bonds. The van der Waals surface area contributed by atoms with Gasteiger partial charge in [-0.2, -0.15) is 25.9 Å². The maximum Gasteiger partial charge on any atom is 0.324 e. The Morgan fingerprint density at radius 3 is 2.45 bits per heavy atom. The quantitative estimate of drug-likeness (QED) is 0.476.